The van der Waals surface area contributed by atoms with E-state index < -0.39 is 0 Å². The molecule has 2 N–H and O–H groups in total. The van der Waals surface area contributed by atoms with Crippen LogP contribution in [0, 0.1) is 0 Å². The number of guanidine groups is 1. The Morgan fingerprint density at radius 2 is 1.81 bits per heavy atom. The van der Waals surface area contributed by atoms with E-state index in [0.29, 0.717) is 0 Å². The summed E-state index contributed by atoms with van der Waals surface area (Å²) < 4.78 is 10.8. The van der Waals surface area contributed by atoms with Crippen LogP contribution in [0.3, 0.4) is 0 Å². The van der Waals surface area contributed by atoms with Gasteiger partial charge in [0.2, 0.25) is 0 Å². The van der Waals surface area contributed by atoms with Crippen molar-refractivity contribution in [1.82, 2.24) is 10.6 Å². The van der Waals surface area contributed by atoms with Crippen LogP contribution in [0.25, 0.3) is 0 Å². The third-order valence-corrected chi connectivity index (χ3v) is 5.23. The fraction of sp³-hybridized carbons (Fsp3) is 0.409. The Morgan fingerprint density at radius 3 is 2.44 bits per heavy atom. The minimum absolute atomic E-state index is 0.259. The molecule has 1 saturated carbocycles. The zero-order chi connectivity index (χ0) is 19.1. The van der Waals surface area contributed by atoms with Crippen LogP contribution in [-0.2, 0) is 11.8 Å². The molecule has 0 radical (unpaired) electrons. The lowest BCUT2D eigenvalue weighted by Gasteiger charge is -2.19. The predicted octanol–water partition coefficient (Wildman–Crippen LogP) is 3.14. The smallest absolute Gasteiger partial charge is 0.191 e. The number of rotatable bonds is 8. The van der Waals surface area contributed by atoms with Gasteiger partial charge in [-0.15, -0.1) is 0 Å². The molecule has 0 aliphatic heterocycles. The fourth-order valence-electron chi connectivity index (χ4n) is 3.38. The maximum Gasteiger partial charge on any atom is 0.191 e. The maximum atomic E-state index is 5.45. The van der Waals surface area contributed by atoms with Crippen molar-refractivity contribution in [1.29, 1.82) is 0 Å². The van der Waals surface area contributed by atoms with Crippen LogP contribution >= 0.6 is 0 Å². The van der Waals surface area contributed by atoms with Crippen LogP contribution in [0.15, 0.2) is 53.5 Å². The van der Waals surface area contributed by atoms with E-state index >= 15 is 0 Å². The zero-order valence-corrected chi connectivity index (χ0v) is 16.4. The standard InChI is InChI=1S/C22H29N3O2/c1-23-21(25-16-22(12-13-22)18-7-5-4-6-8-18)24-14-11-17-15-19(26-2)9-10-20(17)27-3/h4-10,15H,11-14,16H2,1-3H3,(H2,23,24,25). The Morgan fingerprint density at radius 1 is 1.04 bits per heavy atom. The highest BCUT2D eigenvalue weighted by Crippen LogP contribution is 2.47. The summed E-state index contributed by atoms with van der Waals surface area (Å²) in [7, 11) is 5.18. The van der Waals surface area contributed by atoms with Crippen LogP contribution in [-0.4, -0.2) is 40.3 Å². The third-order valence-electron chi connectivity index (χ3n) is 5.23. The van der Waals surface area contributed by atoms with Gasteiger partial charge in [0.05, 0.1) is 14.2 Å². The van der Waals surface area contributed by atoms with Crippen molar-refractivity contribution < 1.29 is 9.47 Å². The number of nitrogens with one attached hydrogen (secondary N) is 2. The summed E-state index contributed by atoms with van der Waals surface area (Å²) in [6.07, 6.45) is 3.27. The van der Waals surface area contributed by atoms with Crippen molar-refractivity contribution in [2.45, 2.75) is 24.7 Å². The first kappa shape index (κ1) is 19.1. The molecule has 144 valence electrons. The van der Waals surface area contributed by atoms with Crippen LogP contribution in [0.2, 0.25) is 0 Å². The summed E-state index contributed by atoms with van der Waals surface area (Å²) >= 11 is 0. The van der Waals surface area contributed by atoms with E-state index in [-0.39, 0.29) is 5.41 Å². The molecular weight excluding hydrogens is 338 g/mol. The lowest BCUT2D eigenvalue weighted by Crippen LogP contribution is -2.42. The molecule has 1 aliphatic carbocycles. The molecule has 0 spiro atoms. The van der Waals surface area contributed by atoms with Crippen LogP contribution in [0.5, 0.6) is 11.5 Å². The largest absolute Gasteiger partial charge is 0.497 e. The van der Waals surface area contributed by atoms with Crippen molar-refractivity contribution in [3.8, 4) is 11.5 Å². The van der Waals surface area contributed by atoms with Crippen LogP contribution in [0.4, 0.5) is 0 Å². The van der Waals surface area contributed by atoms with E-state index in [9.17, 15) is 0 Å². The SMILES string of the molecule is CN=C(NCCc1cc(OC)ccc1OC)NCC1(c2ccccc2)CC1. The summed E-state index contributed by atoms with van der Waals surface area (Å²) in [5, 5.41) is 6.89. The van der Waals surface area contributed by atoms with Gasteiger partial charge >= 0.3 is 0 Å². The highest BCUT2D eigenvalue weighted by atomic mass is 16.5. The van der Waals surface area contributed by atoms with Gasteiger partial charge in [-0.2, -0.15) is 0 Å². The number of hydrogen-bond acceptors (Lipinski definition) is 3. The van der Waals surface area contributed by atoms with Crippen molar-refractivity contribution in [2.24, 2.45) is 4.99 Å². The molecule has 1 fully saturated rings. The average molecular weight is 367 g/mol. The molecule has 0 aromatic heterocycles. The fourth-order valence-corrected chi connectivity index (χ4v) is 3.38. The van der Waals surface area contributed by atoms with Gasteiger partial charge in [-0.25, -0.2) is 0 Å². The minimum Gasteiger partial charge on any atom is -0.497 e. The van der Waals surface area contributed by atoms with Crippen molar-refractivity contribution in [3.05, 3.63) is 59.7 Å². The highest BCUT2D eigenvalue weighted by molar-refractivity contribution is 5.79. The second kappa shape index (κ2) is 8.80. The Hall–Kier alpha value is -2.69. The van der Waals surface area contributed by atoms with Crippen molar-refractivity contribution >= 4 is 5.96 Å². The van der Waals surface area contributed by atoms with Gasteiger partial charge in [0.1, 0.15) is 11.5 Å². The van der Waals surface area contributed by atoms with Gasteiger partial charge in [-0.05, 0) is 48.6 Å². The van der Waals surface area contributed by atoms with E-state index in [4.69, 9.17) is 9.47 Å². The molecule has 27 heavy (non-hydrogen) atoms. The number of ether oxygens (including phenoxy) is 2. The van der Waals surface area contributed by atoms with E-state index in [1.54, 1.807) is 14.2 Å². The average Bonchev–Trinajstić information content (AvgIpc) is 3.52. The normalized spacial score (nSPS) is 15.1. The Kier molecular flexibility index (Phi) is 6.22. The molecule has 0 heterocycles. The monoisotopic (exact) mass is 367 g/mol. The Labute approximate surface area is 161 Å². The number of benzene rings is 2. The lowest BCUT2D eigenvalue weighted by molar-refractivity contribution is 0.398. The van der Waals surface area contributed by atoms with Gasteiger partial charge < -0.3 is 20.1 Å². The van der Waals surface area contributed by atoms with E-state index in [1.807, 2.05) is 25.2 Å². The quantitative estimate of drug-likeness (QED) is 0.556. The van der Waals surface area contributed by atoms with Gasteiger partial charge in [-0.3, -0.25) is 4.99 Å². The minimum atomic E-state index is 0.259. The van der Waals surface area contributed by atoms with Gasteiger partial charge in [0, 0.05) is 25.6 Å². The lowest BCUT2D eigenvalue weighted by atomic mass is 9.96. The molecule has 0 amide bonds. The summed E-state index contributed by atoms with van der Waals surface area (Å²) in [4.78, 5) is 4.36. The van der Waals surface area contributed by atoms with Crippen molar-refractivity contribution in [3.63, 3.8) is 0 Å². The number of nitrogens with zero attached hydrogens (tertiary/aromatic N) is 1. The van der Waals surface area contributed by atoms with Crippen LogP contribution in [0.1, 0.15) is 24.0 Å². The first-order valence-electron chi connectivity index (χ1n) is 9.42. The van der Waals surface area contributed by atoms with Crippen LogP contribution < -0.4 is 20.1 Å². The van der Waals surface area contributed by atoms with E-state index in [0.717, 1.165) is 42.5 Å². The molecule has 2 aromatic carbocycles. The highest BCUT2D eigenvalue weighted by Gasteiger charge is 2.43. The molecule has 1 aliphatic rings. The molecule has 5 nitrogen and oxygen atoms in total. The summed E-state index contributed by atoms with van der Waals surface area (Å²) in [6.45, 7) is 1.67. The molecule has 0 saturated heterocycles. The van der Waals surface area contributed by atoms with Gasteiger partial charge in [0.25, 0.3) is 0 Å². The molecule has 0 unspecified atom stereocenters. The Balaban J connectivity index is 1.52. The zero-order valence-electron chi connectivity index (χ0n) is 16.4. The summed E-state index contributed by atoms with van der Waals surface area (Å²) in [6, 6.07) is 16.6. The molecule has 2 aromatic rings. The molecule has 3 rings (SSSR count). The number of methoxy groups -OCH3 is 2. The molecule has 5 heteroatoms. The first-order valence-corrected chi connectivity index (χ1v) is 9.42. The topological polar surface area (TPSA) is 54.9 Å². The van der Waals surface area contributed by atoms with Gasteiger partial charge in [-0.1, -0.05) is 30.3 Å². The van der Waals surface area contributed by atoms with E-state index in [1.165, 1.54) is 18.4 Å². The molecule has 0 bridgehead atoms. The first-order chi connectivity index (χ1) is 13.2. The maximum absolute atomic E-state index is 5.45. The number of hydrogen-bond donors (Lipinski definition) is 2. The second-order valence-electron chi connectivity index (χ2n) is 6.93. The molecular formula is C22H29N3O2. The molecule has 0 atom stereocenters. The second-order valence-corrected chi connectivity index (χ2v) is 6.93. The van der Waals surface area contributed by atoms with Crippen molar-refractivity contribution in [2.75, 3.05) is 34.4 Å². The van der Waals surface area contributed by atoms with Gasteiger partial charge in [0.15, 0.2) is 5.96 Å². The number of aliphatic imine (C=N–C) groups is 1. The van der Waals surface area contributed by atoms with E-state index in [2.05, 4.69) is 46.0 Å². The Bertz CT molecular complexity index is 770. The summed E-state index contributed by atoms with van der Waals surface area (Å²) in [5.74, 6) is 2.55. The predicted molar refractivity (Wildman–Crippen MR) is 110 cm³/mol. The summed E-state index contributed by atoms with van der Waals surface area (Å²) in [5.41, 5.74) is 2.78. The third kappa shape index (κ3) is 4.73.